The highest BCUT2D eigenvalue weighted by Gasteiger charge is 2.15. The molecule has 1 aromatic carbocycles. The lowest BCUT2D eigenvalue weighted by Crippen LogP contribution is -3.07. The summed E-state index contributed by atoms with van der Waals surface area (Å²) in [6.45, 7) is 0.338. The molecule has 1 aromatic rings. The minimum Gasteiger partial charge on any atom is -0.546 e. The molecule has 0 heterocycles. The van der Waals surface area contributed by atoms with Crippen LogP contribution in [-0.2, 0) is 4.79 Å². The van der Waals surface area contributed by atoms with E-state index in [1.807, 2.05) is 14.1 Å². The van der Waals surface area contributed by atoms with Crippen molar-refractivity contribution in [1.29, 1.82) is 0 Å². The molecule has 0 saturated carbocycles. The molecule has 1 atom stereocenters. The minimum atomic E-state index is -1.21. The van der Waals surface area contributed by atoms with Gasteiger partial charge in [-0.05, 0) is 24.3 Å². The van der Waals surface area contributed by atoms with Crippen LogP contribution >= 0.6 is 11.6 Å². The molecule has 0 radical (unpaired) electrons. The summed E-state index contributed by atoms with van der Waals surface area (Å²) >= 11 is 5.71. The number of carbonyl (C=O) groups excluding carboxylic acids is 1. The lowest BCUT2D eigenvalue weighted by molar-refractivity contribution is -0.860. The van der Waals surface area contributed by atoms with Crippen LogP contribution in [-0.4, -0.2) is 32.7 Å². The SMILES string of the molecule is C[NH+](C)C[C@H](Oc1ccc(Cl)cc1)C(=O)[O-]. The van der Waals surface area contributed by atoms with Gasteiger partial charge in [0.05, 0.1) is 20.1 Å². The van der Waals surface area contributed by atoms with E-state index < -0.39 is 12.1 Å². The van der Waals surface area contributed by atoms with Gasteiger partial charge in [0.15, 0.2) is 6.10 Å². The largest absolute Gasteiger partial charge is 0.546 e. The fourth-order valence-corrected chi connectivity index (χ4v) is 1.35. The zero-order valence-electron chi connectivity index (χ0n) is 9.20. The van der Waals surface area contributed by atoms with Gasteiger partial charge in [0.1, 0.15) is 12.3 Å². The number of nitrogens with one attached hydrogen (secondary N) is 1. The van der Waals surface area contributed by atoms with Crippen LogP contribution in [0.1, 0.15) is 0 Å². The molecule has 0 fully saturated rings. The molecule has 0 spiro atoms. The van der Waals surface area contributed by atoms with Gasteiger partial charge in [0, 0.05) is 5.02 Å². The monoisotopic (exact) mass is 243 g/mol. The van der Waals surface area contributed by atoms with Crippen LogP contribution in [0.4, 0.5) is 0 Å². The smallest absolute Gasteiger partial charge is 0.186 e. The van der Waals surface area contributed by atoms with Crippen LogP contribution in [0.2, 0.25) is 5.02 Å². The van der Waals surface area contributed by atoms with Gasteiger partial charge in [-0.1, -0.05) is 11.6 Å². The number of benzene rings is 1. The van der Waals surface area contributed by atoms with Crippen molar-refractivity contribution in [2.45, 2.75) is 6.10 Å². The van der Waals surface area contributed by atoms with Crippen molar-refractivity contribution in [3.8, 4) is 5.75 Å². The quantitative estimate of drug-likeness (QED) is 0.721. The number of aliphatic carboxylic acids is 1. The molecular weight excluding hydrogens is 230 g/mol. The van der Waals surface area contributed by atoms with E-state index in [0.29, 0.717) is 17.3 Å². The summed E-state index contributed by atoms with van der Waals surface area (Å²) in [6.07, 6.45) is -0.953. The zero-order chi connectivity index (χ0) is 12.1. The Morgan fingerprint density at radius 1 is 1.44 bits per heavy atom. The lowest BCUT2D eigenvalue weighted by Gasteiger charge is -2.21. The van der Waals surface area contributed by atoms with Gasteiger partial charge in [-0.3, -0.25) is 0 Å². The predicted octanol–water partition coefficient (Wildman–Crippen LogP) is -1.02. The second-order valence-corrected chi connectivity index (χ2v) is 4.23. The molecule has 0 aliphatic heterocycles. The number of hydrogen-bond donors (Lipinski definition) is 1. The summed E-state index contributed by atoms with van der Waals surface area (Å²) in [5, 5.41) is 11.4. The Morgan fingerprint density at radius 2 is 2.00 bits per heavy atom. The van der Waals surface area contributed by atoms with E-state index in [1.165, 1.54) is 0 Å². The molecular formula is C11H14ClNO3. The van der Waals surface area contributed by atoms with Gasteiger partial charge in [-0.15, -0.1) is 0 Å². The van der Waals surface area contributed by atoms with Crippen LogP contribution in [0, 0.1) is 0 Å². The standard InChI is InChI=1S/C11H14ClNO3/c1-13(2)7-10(11(14)15)16-9-5-3-8(12)4-6-9/h3-6,10H,7H2,1-2H3,(H,14,15)/t10-/m0/s1. The van der Waals surface area contributed by atoms with Gasteiger partial charge in [-0.2, -0.15) is 0 Å². The topological polar surface area (TPSA) is 53.8 Å². The van der Waals surface area contributed by atoms with Gasteiger partial charge >= 0.3 is 0 Å². The lowest BCUT2D eigenvalue weighted by atomic mass is 10.3. The molecule has 0 unspecified atom stereocenters. The highest BCUT2D eigenvalue weighted by molar-refractivity contribution is 6.30. The van der Waals surface area contributed by atoms with Crippen molar-refractivity contribution in [3.63, 3.8) is 0 Å². The van der Waals surface area contributed by atoms with Crippen LogP contribution in [0.5, 0.6) is 5.75 Å². The van der Waals surface area contributed by atoms with Crippen LogP contribution in [0.25, 0.3) is 0 Å². The maximum atomic E-state index is 10.8. The summed E-state index contributed by atoms with van der Waals surface area (Å²) < 4.78 is 5.30. The fraction of sp³-hybridized carbons (Fsp3) is 0.364. The third kappa shape index (κ3) is 4.08. The van der Waals surface area contributed by atoms with Crippen molar-refractivity contribution >= 4 is 17.6 Å². The van der Waals surface area contributed by atoms with E-state index in [1.54, 1.807) is 24.3 Å². The first kappa shape index (κ1) is 12.8. The van der Waals surface area contributed by atoms with Crippen LogP contribution < -0.4 is 14.7 Å². The Morgan fingerprint density at radius 3 is 2.44 bits per heavy atom. The molecule has 5 heteroatoms. The van der Waals surface area contributed by atoms with E-state index >= 15 is 0 Å². The van der Waals surface area contributed by atoms with E-state index in [-0.39, 0.29) is 0 Å². The van der Waals surface area contributed by atoms with E-state index in [2.05, 4.69) is 0 Å². The van der Waals surface area contributed by atoms with Crippen molar-refractivity contribution in [2.75, 3.05) is 20.6 Å². The molecule has 88 valence electrons. The molecule has 16 heavy (non-hydrogen) atoms. The summed E-state index contributed by atoms with van der Waals surface area (Å²) in [6, 6.07) is 6.55. The fourth-order valence-electron chi connectivity index (χ4n) is 1.22. The van der Waals surface area contributed by atoms with Crippen molar-refractivity contribution in [1.82, 2.24) is 0 Å². The van der Waals surface area contributed by atoms with Gasteiger partial charge in [-0.25, -0.2) is 0 Å². The molecule has 0 amide bonds. The number of carbonyl (C=O) groups is 1. The zero-order valence-corrected chi connectivity index (χ0v) is 9.95. The number of halogens is 1. The number of quaternary nitrogens is 1. The first-order valence-electron chi connectivity index (χ1n) is 4.91. The van der Waals surface area contributed by atoms with Gasteiger partial charge < -0.3 is 19.5 Å². The molecule has 4 nitrogen and oxygen atoms in total. The number of hydrogen-bond acceptors (Lipinski definition) is 3. The van der Waals surface area contributed by atoms with Gasteiger partial charge in [0.25, 0.3) is 0 Å². The van der Waals surface area contributed by atoms with Crippen molar-refractivity contribution in [2.24, 2.45) is 0 Å². The highest BCUT2D eigenvalue weighted by atomic mass is 35.5. The molecule has 1 rings (SSSR count). The maximum Gasteiger partial charge on any atom is 0.186 e. The molecule has 0 bridgehead atoms. The summed E-state index contributed by atoms with van der Waals surface area (Å²) in [5.41, 5.74) is 0. The summed E-state index contributed by atoms with van der Waals surface area (Å²) in [5.74, 6) is -0.740. The second kappa shape index (κ2) is 5.72. The Labute approximate surface area is 99.4 Å². The molecule has 0 aromatic heterocycles. The first-order valence-corrected chi connectivity index (χ1v) is 5.29. The van der Waals surface area contributed by atoms with E-state index in [4.69, 9.17) is 16.3 Å². The van der Waals surface area contributed by atoms with Crippen molar-refractivity contribution < 1.29 is 19.5 Å². The average Bonchev–Trinajstić information content (AvgIpc) is 2.19. The average molecular weight is 244 g/mol. The molecule has 0 saturated heterocycles. The van der Waals surface area contributed by atoms with Gasteiger partial charge in [0.2, 0.25) is 0 Å². The van der Waals surface area contributed by atoms with Crippen LogP contribution in [0.15, 0.2) is 24.3 Å². The third-order valence-electron chi connectivity index (χ3n) is 1.95. The maximum absolute atomic E-state index is 10.8. The van der Waals surface area contributed by atoms with E-state index in [0.717, 1.165) is 4.90 Å². The highest BCUT2D eigenvalue weighted by Crippen LogP contribution is 2.16. The minimum absolute atomic E-state index is 0.338. The Hall–Kier alpha value is -1.26. The Kier molecular flexibility index (Phi) is 4.58. The van der Waals surface area contributed by atoms with E-state index in [9.17, 15) is 9.90 Å². The number of rotatable bonds is 5. The first-order chi connectivity index (χ1) is 7.49. The Balaban J connectivity index is 2.68. The number of ether oxygens (including phenoxy) is 1. The van der Waals surface area contributed by atoms with Crippen LogP contribution in [0.3, 0.4) is 0 Å². The summed E-state index contributed by atoms with van der Waals surface area (Å²) in [4.78, 5) is 11.8. The summed E-state index contributed by atoms with van der Waals surface area (Å²) in [7, 11) is 3.70. The predicted molar refractivity (Wildman–Crippen MR) is 58.6 cm³/mol. The third-order valence-corrected chi connectivity index (χ3v) is 2.20. The normalized spacial score (nSPS) is 12.5. The second-order valence-electron chi connectivity index (χ2n) is 3.79. The number of likely N-dealkylation sites (N-methyl/N-ethyl adjacent to an activating group) is 1. The molecule has 1 N–H and O–H groups in total. The molecule has 0 aliphatic rings. The number of carboxylic acids is 1. The Bertz CT molecular complexity index is 351. The van der Waals surface area contributed by atoms with Crippen molar-refractivity contribution in [3.05, 3.63) is 29.3 Å². The number of carboxylic acid groups (broad SMARTS) is 1. The molecule has 0 aliphatic carbocycles.